The largest absolute Gasteiger partial charge is 0.481 e. The van der Waals surface area contributed by atoms with Crippen LogP contribution in [0.1, 0.15) is 44.7 Å². The Hall–Kier alpha value is -3.77. The van der Waals surface area contributed by atoms with Crippen molar-refractivity contribution in [3.63, 3.8) is 0 Å². The average Bonchev–Trinajstić information content (AvgIpc) is 3.07. The fraction of sp³-hybridized carbons (Fsp3) is 0.250. The van der Waals surface area contributed by atoms with E-state index in [0.29, 0.717) is 17.5 Å². The summed E-state index contributed by atoms with van der Waals surface area (Å²) in [5, 5.41) is 20.3. The van der Waals surface area contributed by atoms with Gasteiger partial charge in [-0.3, -0.25) is 19.3 Å². The van der Waals surface area contributed by atoms with Crippen molar-refractivity contribution in [3.05, 3.63) is 95.1 Å². The number of aryl methyl sites for hydroxylation is 2. The summed E-state index contributed by atoms with van der Waals surface area (Å²) in [5.41, 5.74) is 4.75. The molecule has 0 aromatic heterocycles. The molecule has 0 aliphatic carbocycles. The Bertz CT molecular complexity index is 1200. The van der Waals surface area contributed by atoms with E-state index in [2.05, 4.69) is 0 Å². The topological polar surface area (TPSA) is 94.9 Å². The van der Waals surface area contributed by atoms with Gasteiger partial charge in [0.15, 0.2) is 0 Å². The summed E-state index contributed by atoms with van der Waals surface area (Å²) in [5.74, 6) is -3.05. The van der Waals surface area contributed by atoms with Crippen molar-refractivity contribution in [2.24, 2.45) is 5.92 Å². The van der Waals surface area contributed by atoms with Crippen LogP contribution >= 0.6 is 0 Å². The van der Waals surface area contributed by atoms with Crippen LogP contribution in [0.15, 0.2) is 72.8 Å². The first-order valence-electron chi connectivity index (χ1n) is 11.4. The van der Waals surface area contributed by atoms with Crippen LogP contribution in [0.25, 0.3) is 11.1 Å². The molecule has 4 rings (SSSR count). The van der Waals surface area contributed by atoms with Crippen LogP contribution in [-0.4, -0.2) is 45.5 Å². The molecule has 2 atom stereocenters. The zero-order chi connectivity index (χ0) is 24.2. The lowest BCUT2D eigenvalue weighted by molar-refractivity contribution is -0.146. The molecule has 0 radical (unpaired) electrons. The smallest absolute Gasteiger partial charge is 0.309 e. The molecule has 2 amide bonds. The van der Waals surface area contributed by atoms with Crippen molar-refractivity contribution in [2.75, 3.05) is 6.54 Å². The maximum absolute atomic E-state index is 12.6. The van der Waals surface area contributed by atoms with Gasteiger partial charge in [0.2, 0.25) is 0 Å². The van der Waals surface area contributed by atoms with E-state index in [4.69, 9.17) is 0 Å². The number of nitrogens with zero attached hydrogens (tertiary/aromatic N) is 1. The van der Waals surface area contributed by atoms with Gasteiger partial charge in [0.25, 0.3) is 11.8 Å². The van der Waals surface area contributed by atoms with Gasteiger partial charge in [-0.15, -0.1) is 0 Å². The van der Waals surface area contributed by atoms with Crippen LogP contribution in [0.4, 0.5) is 0 Å². The number of carboxylic acids is 1. The molecule has 1 aliphatic rings. The molecule has 34 heavy (non-hydrogen) atoms. The molecule has 0 bridgehead atoms. The number of hydrogen-bond donors (Lipinski definition) is 2. The van der Waals surface area contributed by atoms with Gasteiger partial charge >= 0.3 is 5.97 Å². The molecule has 0 saturated carbocycles. The van der Waals surface area contributed by atoms with Crippen LogP contribution in [-0.2, 0) is 11.2 Å². The fourth-order valence-electron chi connectivity index (χ4n) is 4.37. The number of aliphatic hydroxyl groups is 1. The number of carbonyl (C=O) groups is 3. The summed E-state index contributed by atoms with van der Waals surface area (Å²) in [4.78, 5) is 38.2. The van der Waals surface area contributed by atoms with Gasteiger partial charge in [0.05, 0.1) is 23.1 Å². The predicted octanol–water partition coefficient (Wildman–Crippen LogP) is 4.34. The van der Waals surface area contributed by atoms with Gasteiger partial charge < -0.3 is 10.2 Å². The lowest BCUT2D eigenvalue weighted by Crippen LogP contribution is -2.36. The zero-order valence-electron chi connectivity index (χ0n) is 19.0. The minimum Gasteiger partial charge on any atom is -0.481 e. The highest BCUT2D eigenvalue weighted by molar-refractivity contribution is 6.21. The Morgan fingerprint density at radius 1 is 0.853 bits per heavy atom. The molecule has 0 spiro atoms. The number of benzene rings is 3. The summed E-state index contributed by atoms with van der Waals surface area (Å²) >= 11 is 0. The highest BCUT2D eigenvalue weighted by Gasteiger charge is 2.37. The first-order valence-corrected chi connectivity index (χ1v) is 11.4. The lowest BCUT2D eigenvalue weighted by Gasteiger charge is -2.22. The van der Waals surface area contributed by atoms with Gasteiger partial charge in [0.1, 0.15) is 0 Å². The highest BCUT2D eigenvalue weighted by Crippen LogP contribution is 2.26. The van der Waals surface area contributed by atoms with Crippen LogP contribution < -0.4 is 0 Å². The van der Waals surface area contributed by atoms with Gasteiger partial charge in [0, 0.05) is 6.54 Å². The van der Waals surface area contributed by atoms with Crippen LogP contribution in [0.5, 0.6) is 0 Å². The molecule has 6 heteroatoms. The third kappa shape index (κ3) is 4.92. The van der Waals surface area contributed by atoms with Gasteiger partial charge in [-0.05, 0) is 55.0 Å². The number of carboxylic acid groups (broad SMARTS) is 1. The van der Waals surface area contributed by atoms with E-state index in [1.165, 1.54) is 0 Å². The molecule has 1 aliphatic heterocycles. The van der Waals surface area contributed by atoms with Gasteiger partial charge in [-0.1, -0.05) is 66.2 Å². The highest BCUT2D eigenvalue weighted by atomic mass is 16.4. The van der Waals surface area contributed by atoms with E-state index < -0.39 is 29.8 Å². The van der Waals surface area contributed by atoms with E-state index in [9.17, 15) is 24.6 Å². The summed E-state index contributed by atoms with van der Waals surface area (Å²) in [6.45, 7) is 1.79. The molecule has 0 saturated heterocycles. The second-order valence-corrected chi connectivity index (χ2v) is 8.71. The summed E-state index contributed by atoms with van der Waals surface area (Å²) in [6, 6.07) is 23.0. The number of amides is 2. The molecule has 0 fully saturated rings. The molecule has 3 aromatic rings. The van der Waals surface area contributed by atoms with Crippen LogP contribution in [0.3, 0.4) is 0 Å². The first kappa shape index (κ1) is 23.4. The minimum atomic E-state index is -1.14. The maximum atomic E-state index is 12.6. The van der Waals surface area contributed by atoms with E-state index in [-0.39, 0.29) is 19.4 Å². The van der Waals surface area contributed by atoms with Gasteiger partial charge in [-0.25, -0.2) is 0 Å². The Balaban J connectivity index is 1.35. The second-order valence-electron chi connectivity index (χ2n) is 8.71. The zero-order valence-corrected chi connectivity index (χ0v) is 19.0. The summed E-state index contributed by atoms with van der Waals surface area (Å²) < 4.78 is 0. The Morgan fingerprint density at radius 3 is 2.18 bits per heavy atom. The number of rotatable bonds is 9. The molecule has 174 valence electrons. The first-order chi connectivity index (χ1) is 16.3. The van der Waals surface area contributed by atoms with Crippen molar-refractivity contribution in [2.45, 2.75) is 32.3 Å². The second kappa shape index (κ2) is 10.0. The SMILES string of the molecule is Cc1ccc2c(c1)C(=O)N(CCC(C(=O)O)C(O)CCc1ccc(-c3ccccc3)cc1)C2=O. The third-order valence-electron chi connectivity index (χ3n) is 6.36. The molecule has 2 N–H and O–H groups in total. The van der Waals surface area contributed by atoms with Crippen LogP contribution in [0.2, 0.25) is 0 Å². The predicted molar refractivity (Wildman–Crippen MR) is 128 cm³/mol. The van der Waals surface area contributed by atoms with Crippen molar-refractivity contribution in [1.82, 2.24) is 4.90 Å². The Labute approximate surface area is 198 Å². The number of hydrogen-bond acceptors (Lipinski definition) is 4. The lowest BCUT2D eigenvalue weighted by atomic mass is 9.93. The molecular weight excluding hydrogens is 430 g/mol. The third-order valence-corrected chi connectivity index (χ3v) is 6.36. The van der Waals surface area contributed by atoms with Gasteiger partial charge in [-0.2, -0.15) is 0 Å². The van der Waals surface area contributed by atoms with Crippen LogP contribution in [0, 0.1) is 12.8 Å². The van der Waals surface area contributed by atoms with E-state index in [1.54, 1.807) is 18.2 Å². The summed E-state index contributed by atoms with van der Waals surface area (Å²) in [6.07, 6.45) is -0.313. The Kier molecular flexibility index (Phi) is 6.89. The van der Waals surface area contributed by atoms with E-state index >= 15 is 0 Å². The van der Waals surface area contributed by atoms with E-state index in [1.807, 2.05) is 61.5 Å². The van der Waals surface area contributed by atoms with Crippen molar-refractivity contribution in [1.29, 1.82) is 0 Å². The molecule has 1 heterocycles. The average molecular weight is 458 g/mol. The molecular formula is C28H27NO5. The number of fused-ring (bicyclic) bond motifs is 1. The number of carbonyl (C=O) groups excluding carboxylic acids is 2. The fourth-order valence-corrected chi connectivity index (χ4v) is 4.37. The Morgan fingerprint density at radius 2 is 1.50 bits per heavy atom. The standard InChI is InChI=1S/C28H27NO5/c1-18-7-13-22-24(17-18)27(32)29(26(22)31)16-15-23(28(33)34)25(30)14-10-19-8-11-21(12-9-19)20-5-3-2-4-6-20/h2-9,11-13,17,23,25,30H,10,14-16H2,1H3,(H,33,34). The van der Waals surface area contributed by atoms with Crippen molar-refractivity contribution in [3.8, 4) is 11.1 Å². The normalized spacial score (nSPS) is 14.7. The van der Waals surface area contributed by atoms with Crippen molar-refractivity contribution < 1.29 is 24.6 Å². The molecule has 2 unspecified atom stereocenters. The quantitative estimate of drug-likeness (QED) is 0.466. The minimum absolute atomic E-state index is 0.00606. The van der Waals surface area contributed by atoms with Crippen molar-refractivity contribution >= 4 is 17.8 Å². The number of aliphatic hydroxyl groups excluding tert-OH is 1. The number of aliphatic carboxylic acids is 1. The number of imide groups is 1. The monoisotopic (exact) mass is 457 g/mol. The molecule has 3 aromatic carbocycles. The van der Waals surface area contributed by atoms with E-state index in [0.717, 1.165) is 27.2 Å². The summed E-state index contributed by atoms with van der Waals surface area (Å²) in [7, 11) is 0. The maximum Gasteiger partial charge on any atom is 0.309 e. The molecule has 6 nitrogen and oxygen atoms in total.